The molecule has 4 heteroatoms. The molecule has 0 amide bonds. The van der Waals surface area contributed by atoms with E-state index in [2.05, 4.69) is 18.9 Å². The Morgan fingerprint density at radius 2 is 1.64 bits per heavy atom. The minimum absolute atomic E-state index is 0. The first-order chi connectivity index (χ1) is 5.95. The number of hydrogen-bond donors (Lipinski definition) is 0. The Morgan fingerprint density at radius 3 is 1.93 bits per heavy atom. The van der Waals surface area contributed by atoms with Crippen molar-refractivity contribution >= 4 is 0 Å². The first kappa shape index (κ1) is 14.1. The predicted octanol–water partition coefficient (Wildman–Crippen LogP) is 1.59. The summed E-state index contributed by atoms with van der Waals surface area (Å²) >= 11 is 0. The van der Waals surface area contributed by atoms with Crippen molar-refractivity contribution in [1.29, 1.82) is 0 Å². The van der Waals surface area contributed by atoms with Crippen molar-refractivity contribution in [3.8, 4) is 0 Å². The van der Waals surface area contributed by atoms with Crippen LogP contribution in [0.5, 0.6) is 0 Å². The molecule has 1 aromatic heterocycles. The molecule has 0 aliphatic heterocycles. The van der Waals surface area contributed by atoms with Crippen LogP contribution in [0, 0.1) is 0 Å². The van der Waals surface area contributed by atoms with Gasteiger partial charge in [0, 0.05) is 38.3 Å². The van der Waals surface area contributed by atoms with E-state index in [1.807, 2.05) is 13.8 Å². The van der Waals surface area contributed by atoms with Crippen LogP contribution < -0.4 is 10.7 Å². The minimum atomic E-state index is 0. The third-order valence-corrected chi connectivity index (χ3v) is 2.18. The molecule has 1 rings (SSSR count). The van der Waals surface area contributed by atoms with E-state index >= 15 is 0 Å². The van der Waals surface area contributed by atoms with Crippen molar-refractivity contribution in [2.24, 2.45) is 7.05 Å². The average Bonchev–Trinajstić information content (AvgIpc) is 2.28. The number of rotatable bonds is 2. The standard InChI is InChI=1S/C10H18N2O.Y/c1-6(2)8-9(7(3)4)11-12(5)10(8)13;/h6-7H,1-5H3,(H,11,13);/p-1. The molecule has 0 N–H and O–H groups in total. The Morgan fingerprint density at radius 1 is 1.14 bits per heavy atom. The normalized spacial score (nSPS) is 10.8. The number of hydrogen-bond acceptors (Lipinski definition) is 1. The zero-order valence-electron chi connectivity index (χ0n) is 9.53. The van der Waals surface area contributed by atoms with Gasteiger partial charge in [-0.05, 0) is 18.9 Å². The molecule has 1 heterocycles. The summed E-state index contributed by atoms with van der Waals surface area (Å²) in [4.78, 5) is 11.6. The molecule has 0 fully saturated rings. The van der Waals surface area contributed by atoms with Crippen molar-refractivity contribution < 1.29 is 32.7 Å². The number of aryl methyl sites for hydroxylation is 1. The van der Waals surface area contributed by atoms with Gasteiger partial charge < -0.3 is 9.78 Å². The summed E-state index contributed by atoms with van der Waals surface area (Å²) in [6, 6.07) is 0. The zero-order chi connectivity index (χ0) is 10.2. The van der Waals surface area contributed by atoms with E-state index in [9.17, 15) is 4.79 Å². The van der Waals surface area contributed by atoms with Crippen molar-refractivity contribution in [3.05, 3.63) is 21.6 Å². The van der Waals surface area contributed by atoms with Gasteiger partial charge in [0.2, 0.25) is 5.56 Å². The molecule has 0 aliphatic rings. The van der Waals surface area contributed by atoms with Gasteiger partial charge in [0.15, 0.2) is 0 Å². The van der Waals surface area contributed by atoms with Crippen LogP contribution in [0.1, 0.15) is 50.8 Å². The van der Waals surface area contributed by atoms with Gasteiger partial charge in [-0.25, -0.2) is 0 Å². The van der Waals surface area contributed by atoms with E-state index in [1.54, 1.807) is 7.05 Å². The smallest absolute Gasteiger partial charge is 0.235 e. The van der Waals surface area contributed by atoms with Crippen molar-refractivity contribution in [1.82, 2.24) is 9.78 Å². The van der Waals surface area contributed by atoms with Crippen molar-refractivity contribution in [2.75, 3.05) is 0 Å². The van der Waals surface area contributed by atoms with Gasteiger partial charge in [0.25, 0.3) is 0 Å². The van der Waals surface area contributed by atoms with E-state index in [0.717, 1.165) is 11.3 Å². The quantitative estimate of drug-likeness (QED) is 0.818. The second-order valence-corrected chi connectivity index (χ2v) is 4.04. The van der Waals surface area contributed by atoms with Crippen LogP contribution in [0.4, 0.5) is 0 Å². The van der Waals surface area contributed by atoms with E-state index in [1.165, 1.54) is 4.68 Å². The zero-order valence-corrected chi connectivity index (χ0v) is 12.4. The van der Waals surface area contributed by atoms with Gasteiger partial charge in [-0.3, -0.25) is 4.79 Å². The number of nitrogens with zero attached hydrogens (tertiary/aromatic N) is 2. The van der Waals surface area contributed by atoms with Gasteiger partial charge in [-0.2, -0.15) is 0 Å². The Balaban J connectivity index is 0.00000169. The Labute approximate surface area is 110 Å². The first-order valence-corrected chi connectivity index (χ1v) is 4.69. The molecule has 0 atom stereocenters. The molecular formula is C10H17N2OY-. The summed E-state index contributed by atoms with van der Waals surface area (Å²) in [6.45, 7) is 8.19. The molecule has 0 spiro atoms. The SMILES string of the molecule is CC(C)c1[n-]n(C)c(=O)c1C(C)C.[Y]. The third kappa shape index (κ3) is 2.57. The Kier molecular flexibility index (Phi) is 5.31. The molecule has 77 valence electrons. The van der Waals surface area contributed by atoms with Gasteiger partial charge in [0.1, 0.15) is 0 Å². The van der Waals surface area contributed by atoms with E-state index in [0.29, 0.717) is 5.92 Å². The van der Waals surface area contributed by atoms with E-state index < -0.39 is 0 Å². The van der Waals surface area contributed by atoms with Gasteiger partial charge in [-0.15, -0.1) is 5.69 Å². The van der Waals surface area contributed by atoms with Crippen LogP contribution >= 0.6 is 0 Å². The van der Waals surface area contributed by atoms with Crippen LogP contribution in [0.15, 0.2) is 4.79 Å². The van der Waals surface area contributed by atoms with Crippen LogP contribution in [0.25, 0.3) is 0 Å². The Bertz CT molecular complexity index is 349. The molecule has 1 radical (unpaired) electrons. The molecule has 0 unspecified atom stereocenters. The maximum absolute atomic E-state index is 11.6. The summed E-state index contributed by atoms with van der Waals surface area (Å²) in [5.74, 6) is 0.588. The monoisotopic (exact) mass is 270 g/mol. The predicted molar refractivity (Wildman–Crippen MR) is 53.2 cm³/mol. The maximum Gasteiger partial charge on any atom is 0.235 e. The van der Waals surface area contributed by atoms with Gasteiger partial charge in [-0.1, -0.05) is 27.7 Å². The summed E-state index contributed by atoms with van der Waals surface area (Å²) < 4.78 is 1.44. The molecule has 0 aliphatic carbocycles. The van der Waals surface area contributed by atoms with Crippen LogP contribution in [0.2, 0.25) is 0 Å². The largest absolute Gasteiger partial charge is 0.595 e. The summed E-state index contributed by atoms with van der Waals surface area (Å²) in [5.41, 5.74) is 1.87. The fourth-order valence-corrected chi connectivity index (χ4v) is 1.51. The maximum atomic E-state index is 11.6. The third-order valence-electron chi connectivity index (χ3n) is 2.18. The van der Waals surface area contributed by atoms with Gasteiger partial charge >= 0.3 is 0 Å². The summed E-state index contributed by atoms with van der Waals surface area (Å²) in [5, 5.41) is 4.24. The van der Waals surface area contributed by atoms with Crippen LogP contribution in [-0.4, -0.2) is 4.68 Å². The minimum Gasteiger partial charge on any atom is -0.595 e. The van der Waals surface area contributed by atoms with Crippen LogP contribution in [-0.2, 0) is 39.8 Å². The molecule has 0 bridgehead atoms. The first-order valence-electron chi connectivity index (χ1n) is 4.69. The van der Waals surface area contributed by atoms with Gasteiger partial charge in [0.05, 0.1) is 0 Å². The van der Waals surface area contributed by atoms with Crippen molar-refractivity contribution in [3.63, 3.8) is 0 Å². The van der Waals surface area contributed by atoms with E-state index in [4.69, 9.17) is 0 Å². The molecule has 1 aromatic rings. The van der Waals surface area contributed by atoms with E-state index in [-0.39, 0.29) is 44.2 Å². The average molecular weight is 270 g/mol. The second kappa shape index (κ2) is 5.27. The Hall–Kier alpha value is 0.114. The van der Waals surface area contributed by atoms with Crippen LogP contribution in [0.3, 0.4) is 0 Å². The topological polar surface area (TPSA) is 36.1 Å². The van der Waals surface area contributed by atoms with Crippen molar-refractivity contribution in [2.45, 2.75) is 39.5 Å². The second-order valence-electron chi connectivity index (χ2n) is 4.04. The number of aromatic nitrogens is 2. The summed E-state index contributed by atoms with van der Waals surface area (Å²) in [7, 11) is 1.71. The fraction of sp³-hybridized carbons (Fsp3) is 0.700. The fourth-order valence-electron chi connectivity index (χ4n) is 1.51. The molecule has 14 heavy (non-hydrogen) atoms. The summed E-state index contributed by atoms with van der Waals surface area (Å²) in [6.07, 6.45) is 0. The molecule has 0 saturated carbocycles. The molecule has 0 aromatic carbocycles. The molecular weight excluding hydrogens is 253 g/mol. The molecule has 0 saturated heterocycles. The molecule has 3 nitrogen and oxygen atoms in total.